The fraction of sp³-hybridized carbons (Fsp3) is 0.316. The lowest BCUT2D eigenvalue weighted by Crippen LogP contribution is -2.19. The van der Waals surface area contributed by atoms with Crippen molar-refractivity contribution in [1.82, 2.24) is 0 Å². The first-order valence-electron chi connectivity index (χ1n) is 7.82. The van der Waals surface area contributed by atoms with Crippen molar-refractivity contribution in [1.29, 1.82) is 0 Å². The number of anilines is 1. The molecule has 0 fully saturated rings. The molecule has 5 nitrogen and oxygen atoms in total. The number of methoxy groups -OCH3 is 3. The Morgan fingerprint density at radius 1 is 1.04 bits per heavy atom. The molecule has 1 heterocycles. The van der Waals surface area contributed by atoms with Crippen LogP contribution < -0.4 is 19.1 Å². The van der Waals surface area contributed by atoms with Crippen molar-refractivity contribution in [3.05, 3.63) is 47.0 Å². The number of carbonyl (C=O) groups excluding carboxylic acids is 1. The van der Waals surface area contributed by atoms with Crippen molar-refractivity contribution in [2.24, 2.45) is 0 Å². The van der Waals surface area contributed by atoms with Crippen LogP contribution in [0.3, 0.4) is 0 Å². The van der Waals surface area contributed by atoms with E-state index >= 15 is 0 Å². The van der Waals surface area contributed by atoms with E-state index in [9.17, 15) is 4.79 Å². The summed E-state index contributed by atoms with van der Waals surface area (Å²) in [5.41, 5.74) is 4.15. The molecule has 2 aromatic carbocycles. The molecule has 0 aromatic heterocycles. The number of hydrogen-bond acceptors (Lipinski definition) is 5. The van der Waals surface area contributed by atoms with Gasteiger partial charge in [-0.25, -0.2) is 0 Å². The first-order valence-corrected chi connectivity index (χ1v) is 7.82. The molecule has 0 spiro atoms. The van der Waals surface area contributed by atoms with Gasteiger partial charge in [-0.1, -0.05) is 12.1 Å². The van der Waals surface area contributed by atoms with Crippen LogP contribution in [0.25, 0.3) is 0 Å². The lowest BCUT2D eigenvalue weighted by molar-refractivity contribution is 0.112. The highest BCUT2D eigenvalue weighted by Gasteiger charge is 2.21. The van der Waals surface area contributed by atoms with Crippen LogP contribution in [0.2, 0.25) is 0 Å². The molecular formula is C19H21NO4. The van der Waals surface area contributed by atoms with Crippen molar-refractivity contribution < 1.29 is 19.0 Å². The van der Waals surface area contributed by atoms with Crippen molar-refractivity contribution in [3.63, 3.8) is 0 Å². The molecule has 1 aliphatic rings. The molecule has 0 saturated carbocycles. The zero-order chi connectivity index (χ0) is 17.1. The maximum absolute atomic E-state index is 11.0. The zero-order valence-corrected chi connectivity index (χ0v) is 14.2. The Balaban J connectivity index is 1.92. The van der Waals surface area contributed by atoms with Gasteiger partial charge >= 0.3 is 0 Å². The van der Waals surface area contributed by atoms with E-state index in [1.54, 1.807) is 21.3 Å². The van der Waals surface area contributed by atoms with E-state index in [-0.39, 0.29) is 0 Å². The Labute approximate surface area is 141 Å². The predicted octanol–water partition coefficient (Wildman–Crippen LogP) is 3.09. The molecule has 126 valence electrons. The highest BCUT2D eigenvalue weighted by Crippen LogP contribution is 2.39. The Hall–Kier alpha value is -2.69. The van der Waals surface area contributed by atoms with Crippen molar-refractivity contribution in [2.75, 3.05) is 32.8 Å². The van der Waals surface area contributed by atoms with E-state index in [2.05, 4.69) is 4.90 Å². The fourth-order valence-corrected chi connectivity index (χ4v) is 3.15. The minimum atomic E-state index is 0.591. The second-order valence-electron chi connectivity index (χ2n) is 5.71. The maximum atomic E-state index is 11.0. The average Bonchev–Trinajstić information content (AvgIpc) is 3.02. The van der Waals surface area contributed by atoms with Gasteiger partial charge in [0.15, 0.2) is 11.5 Å². The number of carbonyl (C=O) groups is 1. The number of ether oxygens (including phenoxy) is 3. The molecule has 2 aromatic rings. The Bertz CT molecular complexity index is 732. The minimum Gasteiger partial charge on any atom is -0.493 e. The molecule has 0 atom stereocenters. The Kier molecular flexibility index (Phi) is 4.60. The summed E-state index contributed by atoms with van der Waals surface area (Å²) in [6, 6.07) is 9.78. The van der Waals surface area contributed by atoms with Crippen LogP contribution in [-0.4, -0.2) is 34.2 Å². The first-order chi connectivity index (χ1) is 11.7. The lowest BCUT2D eigenvalue weighted by atomic mass is 10.1. The molecule has 5 heteroatoms. The van der Waals surface area contributed by atoms with E-state index < -0.39 is 0 Å². The van der Waals surface area contributed by atoms with E-state index in [0.717, 1.165) is 30.5 Å². The number of aldehydes is 1. The number of benzene rings is 2. The third-order valence-electron chi connectivity index (χ3n) is 4.34. The van der Waals surface area contributed by atoms with Crippen LogP contribution in [0, 0.1) is 0 Å². The third-order valence-corrected chi connectivity index (χ3v) is 4.34. The molecule has 0 N–H and O–H groups in total. The van der Waals surface area contributed by atoms with Gasteiger partial charge < -0.3 is 19.1 Å². The summed E-state index contributed by atoms with van der Waals surface area (Å²) in [5.74, 6) is 1.88. The van der Waals surface area contributed by atoms with Crippen molar-refractivity contribution >= 4 is 12.0 Å². The van der Waals surface area contributed by atoms with Gasteiger partial charge in [0, 0.05) is 24.3 Å². The summed E-state index contributed by atoms with van der Waals surface area (Å²) in [5, 5.41) is 0. The van der Waals surface area contributed by atoms with Gasteiger partial charge in [0.25, 0.3) is 0 Å². The summed E-state index contributed by atoms with van der Waals surface area (Å²) >= 11 is 0. The van der Waals surface area contributed by atoms with Crippen LogP contribution in [0.15, 0.2) is 30.3 Å². The number of fused-ring (bicyclic) bond motifs is 1. The molecule has 0 radical (unpaired) electrons. The summed E-state index contributed by atoms with van der Waals surface area (Å²) in [6.07, 6.45) is 1.87. The van der Waals surface area contributed by atoms with Gasteiger partial charge in [-0.3, -0.25) is 4.79 Å². The molecule has 0 saturated heterocycles. The second kappa shape index (κ2) is 6.83. The van der Waals surface area contributed by atoms with Crippen molar-refractivity contribution in [2.45, 2.75) is 13.0 Å². The molecule has 3 rings (SSSR count). The van der Waals surface area contributed by atoms with Gasteiger partial charge in [-0.05, 0) is 35.7 Å². The number of rotatable bonds is 6. The highest BCUT2D eigenvalue weighted by molar-refractivity contribution is 5.78. The number of nitrogens with zero attached hydrogens (tertiary/aromatic N) is 1. The van der Waals surface area contributed by atoms with Crippen LogP contribution in [-0.2, 0) is 13.0 Å². The maximum Gasteiger partial charge on any atom is 0.203 e. The number of hydrogen-bond donors (Lipinski definition) is 0. The average molecular weight is 327 g/mol. The third kappa shape index (κ3) is 2.89. The van der Waals surface area contributed by atoms with Gasteiger partial charge in [-0.2, -0.15) is 0 Å². The fourth-order valence-electron chi connectivity index (χ4n) is 3.15. The van der Waals surface area contributed by atoms with Crippen molar-refractivity contribution in [3.8, 4) is 17.2 Å². The van der Waals surface area contributed by atoms with E-state index in [1.807, 2.05) is 30.3 Å². The van der Waals surface area contributed by atoms with Crippen LogP contribution >= 0.6 is 0 Å². The standard InChI is InChI=1S/C19H21NO4/c1-22-17-9-14(10-18(23-2)19(17)24-3)11-20-7-6-15-5-4-13(12-21)8-16(15)20/h4-5,8-10,12H,6-7,11H2,1-3H3. The topological polar surface area (TPSA) is 48.0 Å². The molecule has 24 heavy (non-hydrogen) atoms. The van der Waals surface area contributed by atoms with Crippen LogP contribution in [0.1, 0.15) is 21.5 Å². The summed E-state index contributed by atoms with van der Waals surface area (Å²) in [6.45, 7) is 1.64. The first kappa shape index (κ1) is 16.2. The van der Waals surface area contributed by atoms with Crippen LogP contribution in [0.4, 0.5) is 5.69 Å². The summed E-state index contributed by atoms with van der Waals surface area (Å²) in [7, 11) is 4.82. The zero-order valence-electron chi connectivity index (χ0n) is 14.2. The molecule has 0 unspecified atom stereocenters. The van der Waals surface area contributed by atoms with E-state index in [4.69, 9.17) is 14.2 Å². The normalized spacial score (nSPS) is 12.7. The van der Waals surface area contributed by atoms with Crippen LogP contribution in [0.5, 0.6) is 17.2 Å². The lowest BCUT2D eigenvalue weighted by Gasteiger charge is -2.21. The largest absolute Gasteiger partial charge is 0.493 e. The molecule has 1 aliphatic heterocycles. The van der Waals surface area contributed by atoms with Gasteiger partial charge in [-0.15, -0.1) is 0 Å². The van der Waals surface area contributed by atoms with E-state index in [0.29, 0.717) is 29.4 Å². The minimum absolute atomic E-state index is 0.591. The predicted molar refractivity (Wildman–Crippen MR) is 92.7 cm³/mol. The smallest absolute Gasteiger partial charge is 0.203 e. The molecule has 0 amide bonds. The van der Waals surface area contributed by atoms with Gasteiger partial charge in [0.1, 0.15) is 6.29 Å². The Morgan fingerprint density at radius 3 is 2.33 bits per heavy atom. The Morgan fingerprint density at radius 2 is 1.75 bits per heavy atom. The quantitative estimate of drug-likeness (QED) is 0.763. The molecule has 0 aliphatic carbocycles. The molecule has 0 bridgehead atoms. The SMILES string of the molecule is COc1cc(CN2CCc3ccc(C=O)cc32)cc(OC)c1OC. The second-order valence-corrected chi connectivity index (χ2v) is 5.71. The monoisotopic (exact) mass is 327 g/mol. The summed E-state index contributed by atoms with van der Waals surface area (Å²) in [4.78, 5) is 13.3. The van der Waals surface area contributed by atoms with Gasteiger partial charge in [0.05, 0.1) is 21.3 Å². The molecular weight excluding hydrogens is 306 g/mol. The van der Waals surface area contributed by atoms with E-state index in [1.165, 1.54) is 5.56 Å². The van der Waals surface area contributed by atoms with Gasteiger partial charge in [0.2, 0.25) is 5.75 Å². The highest BCUT2D eigenvalue weighted by atomic mass is 16.5. The summed E-state index contributed by atoms with van der Waals surface area (Å²) < 4.78 is 16.2.